The van der Waals surface area contributed by atoms with Crippen molar-refractivity contribution in [1.29, 1.82) is 0 Å². The second-order valence-electron chi connectivity index (χ2n) is 2.01. The Balaban J connectivity index is 2.44. The van der Waals surface area contributed by atoms with Crippen molar-refractivity contribution in [1.82, 2.24) is 0 Å². The summed E-state index contributed by atoms with van der Waals surface area (Å²) in [5, 5.41) is 8.94. The molecule has 0 aliphatic carbocycles. The van der Waals surface area contributed by atoms with Crippen molar-refractivity contribution in [2.75, 3.05) is 6.54 Å². The summed E-state index contributed by atoms with van der Waals surface area (Å²) in [4.78, 5) is 3.85. The number of hydrogen-bond donors (Lipinski definition) is 1. The molecule has 2 nitrogen and oxygen atoms in total. The molecule has 1 unspecified atom stereocenters. The van der Waals surface area contributed by atoms with Gasteiger partial charge in [-0.15, -0.1) is 0 Å². The summed E-state index contributed by atoms with van der Waals surface area (Å²) in [5.41, 5.74) is 0. The predicted molar refractivity (Wildman–Crippen MR) is 33.5 cm³/mol. The Kier molecular flexibility index (Phi) is 1.68. The van der Waals surface area contributed by atoms with Crippen LogP contribution in [0.2, 0.25) is 5.82 Å². The monoisotopic (exact) mass is 109 g/mol. The summed E-state index contributed by atoms with van der Waals surface area (Å²) in [6.45, 7) is 0.473. The van der Waals surface area contributed by atoms with E-state index in [0.717, 1.165) is 0 Å². The molecule has 1 N–H and O–H groups in total. The van der Waals surface area contributed by atoms with Gasteiger partial charge in [0.25, 0.3) is 0 Å². The van der Waals surface area contributed by atoms with E-state index in [-0.39, 0.29) is 5.82 Å². The molecule has 0 saturated carbocycles. The van der Waals surface area contributed by atoms with Gasteiger partial charge < -0.3 is 5.11 Å². The Labute approximate surface area is 50.0 Å². The van der Waals surface area contributed by atoms with Crippen molar-refractivity contribution in [3.63, 3.8) is 0 Å². The van der Waals surface area contributed by atoms with Gasteiger partial charge >= 0.3 is 0 Å². The second kappa shape index (κ2) is 2.31. The quantitative estimate of drug-likeness (QED) is 0.428. The number of aliphatic imine (C=N–C) groups is 1. The van der Waals surface area contributed by atoms with Gasteiger partial charge in [-0.3, -0.25) is 4.99 Å². The number of nitrogens with zero attached hydrogens (tertiary/aromatic N) is 1. The molecule has 1 aliphatic heterocycles. The molecule has 1 aliphatic rings. The van der Waals surface area contributed by atoms with Gasteiger partial charge in [-0.2, -0.15) is 0 Å². The molecule has 0 bridgehead atoms. The summed E-state index contributed by atoms with van der Waals surface area (Å²) >= 11 is 0. The van der Waals surface area contributed by atoms with Crippen LogP contribution in [-0.2, 0) is 0 Å². The average molecular weight is 109 g/mol. The minimum Gasteiger partial charge on any atom is -0.392 e. The topological polar surface area (TPSA) is 32.6 Å². The maximum atomic E-state index is 8.94. The third kappa shape index (κ3) is 1.10. The lowest BCUT2D eigenvalue weighted by molar-refractivity contribution is 0.173. The first-order valence-corrected chi connectivity index (χ1v) is 2.72. The zero-order chi connectivity index (χ0) is 5.98. The lowest BCUT2D eigenvalue weighted by atomic mass is 9.79. The van der Waals surface area contributed by atoms with Crippen LogP contribution >= 0.6 is 0 Å². The zero-order valence-electron chi connectivity index (χ0n) is 4.62. The molecule has 0 aromatic heterocycles. The van der Waals surface area contributed by atoms with Gasteiger partial charge in [0.15, 0.2) is 0 Å². The summed E-state index contributed by atoms with van der Waals surface area (Å²) in [6, 6.07) is 0. The van der Waals surface area contributed by atoms with E-state index in [0.29, 0.717) is 13.0 Å². The number of rotatable bonds is 0. The Morgan fingerprint density at radius 3 is 2.88 bits per heavy atom. The zero-order valence-corrected chi connectivity index (χ0v) is 4.62. The second-order valence-corrected chi connectivity index (χ2v) is 2.01. The van der Waals surface area contributed by atoms with Gasteiger partial charge in [-0.25, -0.2) is 0 Å². The van der Waals surface area contributed by atoms with Gasteiger partial charge in [0.1, 0.15) is 0 Å². The highest BCUT2D eigenvalue weighted by atomic mass is 16.3. The van der Waals surface area contributed by atoms with Crippen LogP contribution in [-0.4, -0.2) is 31.8 Å². The van der Waals surface area contributed by atoms with Gasteiger partial charge in [-0.1, -0.05) is 0 Å². The molecule has 8 heavy (non-hydrogen) atoms. The maximum Gasteiger partial charge on any atom is 0.0740 e. The van der Waals surface area contributed by atoms with Gasteiger partial charge in [-0.05, 0) is 18.5 Å². The van der Waals surface area contributed by atoms with Crippen LogP contribution in [0.1, 0.15) is 6.42 Å². The fourth-order valence-electron chi connectivity index (χ4n) is 0.671. The summed E-state index contributed by atoms with van der Waals surface area (Å²) < 4.78 is 0. The predicted octanol–water partition coefficient (Wildman–Crippen LogP) is -0.221. The molecule has 0 fully saturated rings. The SMILES string of the molecule is [B]C1CC=NC[C@H]1O. The van der Waals surface area contributed by atoms with Crippen molar-refractivity contribution in [3.8, 4) is 0 Å². The van der Waals surface area contributed by atoms with Crippen LogP contribution in [0.3, 0.4) is 0 Å². The lowest BCUT2D eigenvalue weighted by Gasteiger charge is -2.18. The molecule has 1 heterocycles. The van der Waals surface area contributed by atoms with E-state index in [1.807, 2.05) is 0 Å². The molecule has 0 aromatic rings. The number of hydrogen-bond acceptors (Lipinski definition) is 2. The molecule has 2 atom stereocenters. The lowest BCUT2D eigenvalue weighted by Crippen LogP contribution is -2.22. The first kappa shape index (κ1) is 5.82. The summed E-state index contributed by atoms with van der Waals surface area (Å²) in [6.07, 6.45) is 2.05. The largest absolute Gasteiger partial charge is 0.392 e. The number of aliphatic hydroxyl groups is 1. The Hall–Kier alpha value is -0.305. The van der Waals surface area contributed by atoms with Gasteiger partial charge in [0.2, 0.25) is 0 Å². The van der Waals surface area contributed by atoms with E-state index in [1.165, 1.54) is 0 Å². The fraction of sp³-hybridized carbons (Fsp3) is 0.800. The van der Waals surface area contributed by atoms with Crippen LogP contribution in [0.4, 0.5) is 0 Å². The molecule has 2 radical (unpaired) electrons. The Morgan fingerprint density at radius 2 is 2.50 bits per heavy atom. The van der Waals surface area contributed by atoms with Crippen LogP contribution in [0.25, 0.3) is 0 Å². The molecule has 0 aromatic carbocycles. The molecule has 0 saturated heterocycles. The van der Waals surface area contributed by atoms with E-state index < -0.39 is 6.10 Å². The number of aliphatic hydroxyl groups excluding tert-OH is 1. The van der Waals surface area contributed by atoms with Crippen LogP contribution in [0.15, 0.2) is 4.99 Å². The van der Waals surface area contributed by atoms with Crippen molar-refractivity contribution in [2.45, 2.75) is 18.3 Å². The highest BCUT2D eigenvalue weighted by Crippen LogP contribution is 2.13. The Morgan fingerprint density at radius 1 is 1.75 bits per heavy atom. The molecular formula is C5H8BNO. The smallest absolute Gasteiger partial charge is 0.0740 e. The van der Waals surface area contributed by atoms with Crippen LogP contribution in [0, 0.1) is 0 Å². The molecule has 1 rings (SSSR count). The van der Waals surface area contributed by atoms with Gasteiger partial charge in [0.05, 0.1) is 20.5 Å². The highest BCUT2D eigenvalue weighted by Gasteiger charge is 2.14. The molecule has 3 heteroatoms. The Bertz CT molecular complexity index is 92.6. The van der Waals surface area contributed by atoms with E-state index in [2.05, 4.69) is 4.99 Å². The summed E-state index contributed by atoms with van der Waals surface area (Å²) in [5.74, 6) is -0.0903. The van der Waals surface area contributed by atoms with Crippen molar-refractivity contribution in [3.05, 3.63) is 0 Å². The maximum absolute atomic E-state index is 8.94. The van der Waals surface area contributed by atoms with E-state index in [1.54, 1.807) is 6.21 Å². The minimum atomic E-state index is -0.417. The van der Waals surface area contributed by atoms with E-state index in [9.17, 15) is 0 Å². The third-order valence-electron chi connectivity index (χ3n) is 1.29. The highest BCUT2D eigenvalue weighted by molar-refractivity contribution is 6.13. The minimum absolute atomic E-state index is 0.0903. The molecule has 0 spiro atoms. The first-order chi connectivity index (χ1) is 3.80. The van der Waals surface area contributed by atoms with Gasteiger partial charge in [0, 0.05) is 0 Å². The average Bonchev–Trinajstić information content (AvgIpc) is 1.77. The molecular weight excluding hydrogens is 101 g/mol. The fourth-order valence-corrected chi connectivity index (χ4v) is 0.671. The van der Waals surface area contributed by atoms with Crippen LogP contribution in [0.5, 0.6) is 0 Å². The van der Waals surface area contributed by atoms with Crippen molar-refractivity contribution >= 4 is 14.1 Å². The van der Waals surface area contributed by atoms with Crippen molar-refractivity contribution in [2.24, 2.45) is 4.99 Å². The molecule has 0 amide bonds. The first-order valence-electron chi connectivity index (χ1n) is 2.72. The normalized spacial score (nSPS) is 37.6. The van der Waals surface area contributed by atoms with Crippen LogP contribution < -0.4 is 0 Å². The third-order valence-corrected chi connectivity index (χ3v) is 1.29. The summed E-state index contributed by atoms with van der Waals surface area (Å²) in [7, 11) is 5.44. The van der Waals surface area contributed by atoms with E-state index >= 15 is 0 Å². The molecule has 42 valence electrons. The van der Waals surface area contributed by atoms with E-state index in [4.69, 9.17) is 13.0 Å². The van der Waals surface area contributed by atoms with Crippen molar-refractivity contribution < 1.29 is 5.11 Å². The standard InChI is InChI=1S/C5H8BNO/c6-4-1-2-7-3-5(4)8/h2,4-5,8H,1,3H2/t4?,5-/m1/s1.